The van der Waals surface area contributed by atoms with Crippen molar-refractivity contribution in [2.75, 3.05) is 18.6 Å². The van der Waals surface area contributed by atoms with E-state index in [4.69, 9.17) is 9.47 Å². The van der Waals surface area contributed by atoms with Gasteiger partial charge in [-0.05, 0) is 88.0 Å². The highest BCUT2D eigenvalue weighted by Gasteiger charge is 2.71. The second kappa shape index (κ2) is 11.2. The summed E-state index contributed by atoms with van der Waals surface area (Å²) >= 11 is 7.72. The maximum absolute atomic E-state index is 13.7. The van der Waals surface area contributed by atoms with Crippen LogP contribution in [-0.2, 0) is 19.1 Å². The minimum absolute atomic E-state index is 0.0203. The van der Waals surface area contributed by atoms with Crippen LogP contribution in [-0.4, -0.2) is 43.9 Å². The number of nitrogens with one attached hydrogen (secondary N) is 1. The Morgan fingerprint density at radius 2 is 1.68 bits per heavy atom. The van der Waals surface area contributed by atoms with Gasteiger partial charge in [-0.15, -0.1) is 0 Å². The van der Waals surface area contributed by atoms with E-state index in [1.165, 1.54) is 12.1 Å². The summed E-state index contributed by atoms with van der Waals surface area (Å²) in [6, 6.07) is 3.33. The Morgan fingerprint density at radius 1 is 1.00 bits per heavy atom. The Labute approximate surface area is 253 Å². The van der Waals surface area contributed by atoms with Gasteiger partial charge in [0, 0.05) is 17.7 Å². The maximum atomic E-state index is 13.7. The van der Waals surface area contributed by atoms with Crippen molar-refractivity contribution in [3.05, 3.63) is 38.4 Å². The first-order valence-electron chi connectivity index (χ1n) is 13.9. The number of ether oxygens (including phenoxy) is 2. The van der Waals surface area contributed by atoms with E-state index < -0.39 is 38.6 Å². The summed E-state index contributed by atoms with van der Waals surface area (Å²) in [7, 11) is 0. The summed E-state index contributed by atoms with van der Waals surface area (Å²) in [5, 5.41) is 27.4. The highest BCUT2D eigenvalue weighted by molar-refractivity contribution is 9.25. The number of halogens is 2. The van der Waals surface area contributed by atoms with Gasteiger partial charge >= 0.3 is 17.6 Å². The zero-order valence-electron chi connectivity index (χ0n) is 22.7. The average Bonchev–Trinajstić information content (AvgIpc) is 3.34. The van der Waals surface area contributed by atoms with Crippen LogP contribution in [0, 0.1) is 61.2 Å². The molecule has 5 rings (SSSR count). The first kappa shape index (κ1) is 29.9. The summed E-state index contributed by atoms with van der Waals surface area (Å²) in [5.41, 5.74) is 1.14. The van der Waals surface area contributed by atoms with E-state index in [0.29, 0.717) is 24.5 Å². The van der Waals surface area contributed by atoms with Crippen molar-refractivity contribution >= 4 is 66.6 Å². The van der Waals surface area contributed by atoms with Crippen molar-refractivity contribution in [1.82, 2.24) is 0 Å². The van der Waals surface area contributed by atoms with Crippen LogP contribution in [0.4, 0.5) is 17.1 Å². The van der Waals surface area contributed by atoms with E-state index in [2.05, 4.69) is 42.4 Å². The van der Waals surface area contributed by atoms with Gasteiger partial charge < -0.3 is 9.47 Å². The van der Waals surface area contributed by atoms with Crippen LogP contribution < -0.4 is 5.43 Å². The predicted molar refractivity (Wildman–Crippen MR) is 156 cm³/mol. The second-order valence-corrected chi connectivity index (χ2v) is 15.1. The Morgan fingerprint density at radius 3 is 2.29 bits per heavy atom. The van der Waals surface area contributed by atoms with Gasteiger partial charge in [0.2, 0.25) is 0 Å². The number of hydrogen-bond donors (Lipinski definition) is 1. The fourth-order valence-electron chi connectivity index (χ4n) is 7.73. The number of nitro benzene ring substituents is 2. The summed E-state index contributed by atoms with van der Waals surface area (Å²) in [5.74, 6) is -0.258. The third-order valence-corrected chi connectivity index (χ3v) is 11.7. The van der Waals surface area contributed by atoms with Crippen molar-refractivity contribution in [2.24, 2.45) is 46.0 Å². The highest BCUT2D eigenvalue weighted by Crippen LogP contribution is 2.74. The molecule has 1 aromatic carbocycles. The van der Waals surface area contributed by atoms with Gasteiger partial charge in [0.1, 0.15) is 5.69 Å². The normalized spacial score (nSPS) is 31.6. The standard InChI is InChI=1S/C27H32Br2N4O8/c1-3-40-24(34)26(25(35)41-4-2)12-17-15(16-6-8-19-23(18(16)13-26)27(19,28)29)7-10-20(17)30-31-21-9-5-14(32(36)37)11-22(21)33(38)39/h5,9,11,15-19,23,31H,3-4,6-8,10,12-13H2,1-2H3/b30-20-/t15-,16+,17-,18+,19+,23-/m0/s1. The molecule has 0 aliphatic heterocycles. The van der Waals surface area contributed by atoms with Crippen molar-refractivity contribution in [2.45, 2.75) is 55.6 Å². The minimum atomic E-state index is -1.50. The Hall–Kier alpha value is -2.61. The third kappa shape index (κ3) is 5.15. The molecular formula is C27H32Br2N4O8. The Balaban J connectivity index is 1.54. The lowest BCUT2D eigenvalue weighted by molar-refractivity contribution is -0.393. The van der Waals surface area contributed by atoms with Gasteiger partial charge in [-0.3, -0.25) is 35.2 Å². The van der Waals surface area contributed by atoms with Gasteiger partial charge in [-0.25, -0.2) is 0 Å². The first-order chi connectivity index (χ1) is 19.5. The molecule has 222 valence electrons. The molecule has 0 saturated heterocycles. The molecule has 4 aliphatic rings. The largest absolute Gasteiger partial charge is 0.465 e. The number of non-ortho nitro benzene ring substituents is 1. The number of anilines is 1. The van der Waals surface area contributed by atoms with Crippen LogP contribution in [0.25, 0.3) is 0 Å². The lowest BCUT2D eigenvalue weighted by Gasteiger charge is -2.36. The lowest BCUT2D eigenvalue weighted by Crippen LogP contribution is -2.45. The van der Waals surface area contributed by atoms with Crippen LogP contribution >= 0.6 is 31.9 Å². The molecule has 6 atom stereocenters. The molecular weight excluding hydrogens is 668 g/mol. The number of esters is 2. The fraction of sp³-hybridized carbons (Fsp3) is 0.667. The predicted octanol–water partition coefficient (Wildman–Crippen LogP) is 5.96. The van der Waals surface area contributed by atoms with Gasteiger partial charge in [0.15, 0.2) is 5.41 Å². The summed E-state index contributed by atoms with van der Waals surface area (Å²) < 4.78 is 10.8. The molecule has 0 spiro atoms. The molecule has 0 amide bonds. The first-order valence-corrected chi connectivity index (χ1v) is 15.5. The molecule has 0 bridgehead atoms. The number of nitrogens with zero attached hydrogens (tertiary/aromatic N) is 3. The summed E-state index contributed by atoms with van der Waals surface area (Å²) in [6.45, 7) is 3.67. The Kier molecular flexibility index (Phi) is 8.18. The molecule has 41 heavy (non-hydrogen) atoms. The SMILES string of the molecule is CCOC(=O)C1(C(=O)OCC)C[C@@H]2[C@H](CC[C@@H]3[C@H]2C3(Br)Br)[C@@H]2CC/C(=N/Nc3ccc([N+](=O)[O-])cc3[N+](=O)[O-])[C@H]2C1. The second-order valence-electron chi connectivity index (χ2n) is 11.4. The number of hydrogen-bond acceptors (Lipinski definition) is 10. The zero-order valence-corrected chi connectivity index (χ0v) is 25.9. The maximum Gasteiger partial charge on any atom is 0.323 e. The number of hydrazone groups is 1. The van der Waals surface area contributed by atoms with Gasteiger partial charge in [0.05, 0.1) is 32.4 Å². The highest BCUT2D eigenvalue weighted by atomic mass is 79.9. The van der Waals surface area contributed by atoms with Gasteiger partial charge in [-0.2, -0.15) is 5.10 Å². The van der Waals surface area contributed by atoms with Gasteiger partial charge in [-0.1, -0.05) is 31.9 Å². The number of rotatable bonds is 8. The number of fused-ring (bicyclic) bond motifs is 5. The van der Waals surface area contributed by atoms with Crippen LogP contribution in [0.15, 0.2) is 23.3 Å². The molecule has 0 aromatic heterocycles. The monoisotopic (exact) mass is 698 g/mol. The van der Waals surface area contributed by atoms with E-state index in [0.717, 1.165) is 25.3 Å². The summed E-state index contributed by atoms with van der Waals surface area (Å²) in [4.78, 5) is 48.8. The van der Waals surface area contributed by atoms with Crippen molar-refractivity contribution in [3.63, 3.8) is 0 Å². The molecule has 1 aromatic rings. The Bertz CT molecular complexity index is 1290. The summed E-state index contributed by atoms with van der Waals surface area (Å²) in [6.07, 6.45) is 3.90. The molecule has 14 heteroatoms. The fourth-order valence-corrected chi connectivity index (χ4v) is 9.81. The number of benzene rings is 1. The van der Waals surface area contributed by atoms with Crippen molar-refractivity contribution in [3.8, 4) is 0 Å². The molecule has 0 radical (unpaired) electrons. The molecule has 4 fully saturated rings. The van der Waals surface area contributed by atoms with Crippen LogP contribution in [0.2, 0.25) is 0 Å². The van der Waals surface area contributed by atoms with Crippen molar-refractivity contribution in [1.29, 1.82) is 0 Å². The zero-order chi connectivity index (χ0) is 29.7. The lowest BCUT2D eigenvalue weighted by atomic mass is 9.68. The smallest absolute Gasteiger partial charge is 0.323 e. The number of carbonyl (C=O) groups excluding carboxylic acids is 2. The molecule has 4 saturated carbocycles. The molecule has 4 aliphatic carbocycles. The topological polar surface area (TPSA) is 163 Å². The van der Waals surface area contributed by atoms with E-state index in [1.54, 1.807) is 13.8 Å². The number of carbonyl (C=O) groups is 2. The van der Waals surface area contributed by atoms with Crippen LogP contribution in [0.1, 0.15) is 52.4 Å². The van der Waals surface area contributed by atoms with E-state index >= 15 is 0 Å². The minimum Gasteiger partial charge on any atom is -0.465 e. The van der Waals surface area contributed by atoms with Gasteiger partial charge in [0.25, 0.3) is 5.69 Å². The average molecular weight is 700 g/mol. The number of alkyl halides is 2. The third-order valence-electron chi connectivity index (χ3n) is 9.51. The quantitative estimate of drug-likeness (QED) is 0.113. The van der Waals surface area contributed by atoms with Crippen LogP contribution in [0.3, 0.4) is 0 Å². The molecule has 1 N–H and O–H groups in total. The van der Waals surface area contributed by atoms with E-state index in [1.807, 2.05) is 0 Å². The molecule has 0 heterocycles. The van der Waals surface area contributed by atoms with Crippen LogP contribution in [0.5, 0.6) is 0 Å². The number of nitro groups is 2. The molecule has 12 nitrogen and oxygen atoms in total. The van der Waals surface area contributed by atoms with E-state index in [-0.39, 0.29) is 58.1 Å². The molecule has 0 unspecified atom stereocenters. The van der Waals surface area contributed by atoms with E-state index in [9.17, 15) is 29.8 Å². The van der Waals surface area contributed by atoms with Crippen molar-refractivity contribution < 1.29 is 28.9 Å².